The van der Waals surface area contributed by atoms with E-state index in [9.17, 15) is 43.2 Å². The number of hydrogen-bond acceptors (Lipinski definition) is 15. The summed E-state index contributed by atoms with van der Waals surface area (Å²) in [5.41, 5.74) is 0. The number of phosphoric acid groups is 2. The van der Waals surface area contributed by atoms with Crippen LogP contribution in [0.3, 0.4) is 0 Å². The third kappa shape index (κ3) is 65.1. The maximum Gasteiger partial charge on any atom is 0.472 e. The lowest BCUT2D eigenvalue weighted by Gasteiger charge is -2.21. The van der Waals surface area contributed by atoms with E-state index in [-0.39, 0.29) is 25.7 Å². The molecule has 0 rings (SSSR count). The summed E-state index contributed by atoms with van der Waals surface area (Å²) in [6, 6.07) is 0. The number of unbranched alkanes of at least 4 members (excludes halogenated alkanes) is 37. The van der Waals surface area contributed by atoms with Crippen LogP contribution in [-0.2, 0) is 65.4 Å². The third-order valence-corrected chi connectivity index (χ3v) is 18.9. The van der Waals surface area contributed by atoms with E-state index in [1.807, 2.05) is 0 Å². The summed E-state index contributed by atoms with van der Waals surface area (Å²) in [5, 5.41) is 10.6. The summed E-state index contributed by atoms with van der Waals surface area (Å²) in [6.45, 7) is 11.9. The zero-order valence-electron chi connectivity index (χ0n) is 59.3. The maximum absolute atomic E-state index is 13.0. The lowest BCUT2D eigenvalue weighted by Crippen LogP contribution is -2.30. The largest absolute Gasteiger partial charge is 0.472 e. The molecule has 17 nitrogen and oxygen atoms in total. The Bertz CT molecular complexity index is 1790. The maximum atomic E-state index is 13.0. The van der Waals surface area contributed by atoms with Crippen LogP contribution in [0.15, 0.2) is 0 Å². The fourth-order valence-corrected chi connectivity index (χ4v) is 12.4. The van der Waals surface area contributed by atoms with Crippen molar-refractivity contribution in [2.24, 2.45) is 17.8 Å². The highest BCUT2D eigenvalue weighted by atomic mass is 31.2. The predicted octanol–water partition coefficient (Wildman–Crippen LogP) is 20.6. The molecule has 0 aliphatic heterocycles. The van der Waals surface area contributed by atoms with Crippen LogP contribution in [0.5, 0.6) is 0 Å². The number of phosphoric ester groups is 2. The minimum absolute atomic E-state index is 0.104. The van der Waals surface area contributed by atoms with Gasteiger partial charge < -0.3 is 33.8 Å². The number of esters is 4. The normalized spacial score (nSPS) is 14.5. The summed E-state index contributed by atoms with van der Waals surface area (Å²) < 4.78 is 68.3. The molecule has 0 saturated carbocycles. The van der Waals surface area contributed by atoms with Gasteiger partial charge in [0.25, 0.3) is 0 Å². The van der Waals surface area contributed by atoms with E-state index in [4.69, 9.17) is 37.0 Å². The van der Waals surface area contributed by atoms with E-state index >= 15 is 0 Å². The Labute approximate surface area is 556 Å². The molecular formula is C72H140O17P2. The van der Waals surface area contributed by atoms with Crippen LogP contribution in [0.2, 0.25) is 0 Å². The second kappa shape index (κ2) is 62.8. The van der Waals surface area contributed by atoms with Crippen molar-refractivity contribution in [1.82, 2.24) is 0 Å². The molecule has 0 amide bonds. The number of carbonyl (C=O) groups excluding carboxylic acids is 4. The Morgan fingerprint density at radius 1 is 0.319 bits per heavy atom. The van der Waals surface area contributed by atoms with Gasteiger partial charge in [0.15, 0.2) is 12.2 Å². The van der Waals surface area contributed by atoms with Crippen molar-refractivity contribution in [2.75, 3.05) is 39.6 Å². The molecule has 0 aliphatic carbocycles. The number of hydrogen-bond donors (Lipinski definition) is 3. The summed E-state index contributed by atoms with van der Waals surface area (Å²) in [5.74, 6) is 0.197. The van der Waals surface area contributed by atoms with E-state index in [0.29, 0.717) is 25.7 Å². The smallest absolute Gasteiger partial charge is 0.462 e. The molecule has 540 valence electrons. The monoisotopic (exact) mass is 1340 g/mol. The molecule has 0 radical (unpaired) electrons. The van der Waals surface area contributed by atoms with Gasteiger partial charge in [0.05, 0.1) is 26.4 Å². The van der Waals surface area contributed by atoms with Crippen LogP contribution in [0.25, 0.3) is 0 Å². The minimum Gasteiger partial charge on any atom is -0.462 e. The van der Waals surface area contributed by atoms with Gasteiger partial charge in [0, 0.05) is 25.7 Å². The quantitative estimate of drug-likeness (QED) is 0.0222. The fraction of sp³-hybridized carbons (Fsp3) is 0.944. The molecule has 0 aromatic rings. The van der Waals surface area contributed by atoms with Gasteiger partial charge in [-0.05, 0) is 43.4 Å². The zero-order chi connectivity index (χ0) is 67.3. The summed E-state index contributed by atoms with van der Waals surface area (Å²) in [7, 11) is -9.90. The van der Waals surface area contributed by atoms with Crippen LogP contribution in [-0.4, -0.2) is 96.7 Å². The molecule has 0 spiro atoms. The number of ether oxygens (including phenoxy) is 4. The summed E-state index contributed by atoms with van der Waals surface area (Å²) in [4.78, 5) is 72.6. The fourth-order valence-electron chi connectivity index (χ4n) is 10.9. The molecule has 0 fully saturated rings. The van der Waals surface area contributed by atoms with Crippen molar-refractivity contribution in [3.63, 3.8) is 0 Å². The van der Waals surface area contributed by atoms with Gasteiger partial charge in [-0.15, -0.1) is 0 Å². The Morgan fingerprint density at radius 3 is 0.835 bits per heavy atom. The Hall–Kier alpha value is -1.94. The second-order valence-corrected chi connectivity index (χ2v) is 30.1. The highest BCUT2D eigenvalue weighted by Crippen LogP contribution is 2.45. The van der Waals surface area contributed by atoms with E-state index in [2.05, 4.69) is 48.5 Å². The first kappa shape index (κ1) is 89.1. The first-order valence-corrected chi connectivity index (χ1v) is 40.4. The van der Waals surface area contributed by atoms with Crippen molar-refractivity contribution < 1.29 is 80.2 Å². The summed E-state index contributed by atoms with van der Waals surface area (Å²) >= 11 is 0. The molecular weight excluding hydrogens is 1200 g/mol. The van der Waals surface area contributed by atoms with Crippen LogP contribution < -0.4 is 0 Å². The van der Waals surface area contributed by atoms with Crippen LogP contribution >= 0.6 is 15.6 Å². The topological polar surface area (TPSA) is 237 Å². The van der Waals surface area contributed by atoms with Crippen molar-refractivity contribution in [3.05, 3.63) is 0 Å². The first-order valence-electron chi connectivity index (χ1n) is 37.4. The Kier molecular flexibility index (Phi) is 61.5. The molecule has 0 aliphatic rings. The van der Waals surface area contributed by atoms with Gasteiger partial charge >= 0.3 is 39.5 Å². The molecule has 0 aromatic heterocycles. The van der Waals surface area contributed by atoms with Crippen molar-refractivity contribution >= 4 is 39.5 Å². The second-order valence-electron chi connectivity index (χ2n) is 27.2. The number of aliphatic hydroxyl groups excluding tert-OH is 1. The predicted molar refractivity (Wildman–Crippen MR) is 368 cm³/mol. The highest BCUT2D eigenvalue weighted by Gasteiger charge is 2.30. The van der Waals surface area contributed by atoms with Crippen LogP contribution in [0.1, 0.15) is 363 Å². The van der Waals surface area contributed by atoms with Gasteiger partial charge in [-0.3, -0.25) is 37.3 Å². The molecule has 0 bridgehead atoms. The molecule has 0 saturated heterocycles. The molecule has 0 aromatic carbocycles. The molecule has 6 atom stereocenters. The van der Waals surface area contributed by atoms with E-state index in [1.165, 1.54) is 173 Å². The molecule has 3 unspecified atom stereocenters. The molecule has 0 heterocycles. The Morgan fingerprint density at radius 2 is 0.560 bits per heavy atom. The SMILES string of the molecule is CCCCCCCCCCCC(=O)OC[C@H](COP(=O)(O)OC[C@H](O)COP(=O)(O)OC[C@@H](COC(=O)CCCCCCCCCCCCC(C)C)OC(=O)CCCCCCCCCCCCCCCCC(C)CC)OC(=O)CCCCCCCCCCC(C)C. The number of rotatable bonds is 70. The van der Waals surface area contributed by atoms with E-state index in [1.54, 1.807) is 0 Å². The minimum atomic E-state index is -4.95. The van der Waals surface area contributed by atoms with Gasteiger partial charge in [-0.25, -0.2) is 9.13 Å². The summed E-state index contributed by atoms with van der Waals surface area (Å²) in [6.07, 6.45) is 47.2. The van der Waals surface area contributed by atoms with Gasteiger partial charge in [-0.1, -0.05) is 312 Å². The lowest BCUT2D eigenvalue weighted by molar-refractivity contribution is -0.161. The molecule has 91 heavy (non-hydrogen) atoms. The van der Waals surface area contributed by atoms with E-state index < -0.39 is 97.5 Å². The van der Waals surface area contributed by atoms with Gasteiger partial charge in [-0.2, -0.15) is 0 Å². The van der Waals surface area contributed by atoms with Crippen molar-refractivity contribution in [2.45, 2.75) is 381 Å². The third-order valence-electron chi connectivity index (χ3n) is 17.0. The standard InChI is InChI=1S/C72H140O17P2/c1-8-10-11-12-13-22-32-39-46-53-69(74)82-59-68(89-72(77)56-49-42-35-28-27-30-37-44-51-64(5)6)62-87-91(80,81)85-58-66(73)57-84-90(78,79)86-61-67(60-83-70(75)54-47-40-33-25-21-20-23-29-36-43-50-63(3)4)88-71(76)55-48-41-34-26-19-17-15-14-16-18-24-31-38-45-52-65(7)9-2/h63-68,73H,8-62H2,1-7H3,(H,78,79)(H,80,81)/t65?,66-,67-,68-/m1/s1. The van der Waals surface area contributed by atoms with Crippen molar-refractivity contribution in [3.8, 4) is 0 Å². The Balaban J connectivity index is 5.23. The van der Waals surface area contributed by atoms with Crippen LogP contribution in [0.4, 0.5) is 0 Å². The number of carbonyl (C=O) groups is 4. The van der Waals surface area contributed by atoms with Gasteiger partial charge in [0.2, 0.25) is 0 Å². The average molecular weight is 1340 g/mol. The average Bonchev–Trinajstić information content (AvgIpc) is 3.64. The van der Waals surface area contributed by atoms with E-state index in [0.717, 1.165) is 108 Å². The van der Waals surface area contributed by atoms with Crippen molar-refractivity contribution in [1.29, 1.82) is 0 Å². The highest BCUT2D eigenvalue weighted by molar-refractivity contribution is 7.47. The molecule has 19 heteroatoms. The van der Waals surface area contributed by atoms with Crippen LogP contribution in [0, 0.1) is 17.8 Å². The molecule has 3 N–H and O–H groups in total. The lowest BCUT2D eigenvalue weighted by atomic mass is 9.99. The first-order chi connectivity index (χ1) is 43.8. The zero-order valence-corrected chi connectivity index (χ0v) is 61.1. The van der Waals surface area contributed by atoms with Gasteiger partial charge in [0.1, 0.15) is 19.3 Å². The number of aliphatic hydroxyl groups is 1.